The standard InChI is InChI=1S/C24H24FN3O4/c1-3-32-23(30)14-22(29)28-10-7-15(8-11-28)20-13-19-17(6-9-26-24(19)27-20)18-12-16(25)4-5-21(18)31-2/h4-7,9,12-13H,3,8,10-11,14H2,1-2H3,(H,26,27). The summed E-state index contributed by atoms with van der Waals surface area (Å²) in [6.07, 6.45) is 4.04. The van der Waals surface area contributed by atoms with Crippen LogP contribution >= 0.6 is 0 Å². The number of H-pyrrole nitrogens is 1. The van der Waals surface area contributed by atoms with Gasteiger partial charge in [-0.1, -0.05) is 6.08 Å². The molecule has 8 heteroatoms. The van der Waals surface area contributed by atoms with Crippen LogP contribution in [-0.4, -0.2) is 53.6 Å². The fourth-order valence-electron chi connectivity index (χ4n) is 3.91. The van der Waals surface area contributed by atoms with E-state index in [2.05, 4.69) is 9.97 Å². The number of ether oxygens (including phenoxy) is 2. The number of pyridine rings is 1. The number of carbonyl (C=O) groups excluding carboxylic acids is 2. The molecule has 1 aliphatic heterocycles. The summed E-state index contributed by atoms with van der Waals surface area (Å²) in [6.45, 7) is 2.90. The number of fused-ring (bicyclic) bond motifs is 1. The number of nitrogens with one attached hydrogen (secondary N) is 1. The summed E-state index contributed by atoms with van der Waals surface area (Å²) in [5.74, 6) is -0.509. The van der Waals surface area contributed by atoms with Gasteiger partial charge in [-0.2, -0.15) is 0 Å². The molecule has 0 aliphatic carbocycles. The van der Waals surface area contributed by atoms with Crippen molar-refractivity contribution in [3.05, 3.63) is 54.1 Å². The molecule has 1 amide bonds. The number of aromatic amines is 1. The van der Waals surface area contributed by atoms with Crippen LogP contribution in [0.1, 0.15) is 25.5 Å². The van der Waals surface area contributed by atoms with E-state index in [9.17, 15) is 14.0 Å². The Morgan fingerprint density at radius 2 is 2.06 bits per heavy atom. The van der Waals surface area contributed by atoms with E-state index in [0.717, 1.165) is 22.2 Å². The molecule has 0 radical (unpaired) electrons. The van der Waals surface area contributed by atoms with Crippen LogP contribution in [0.15, 0.2) is 42.6 Å². The number of rotatable bonds is 6. The van der Waals surface area contributed by atoms with Crippen molar-refractivity contribution in [3.63, 3.8) is 0 Å². The lowest BCUT2D eigenvalue weighted by molar-refractivity contribution is -0.148. The van der Waals surface area contributed by atoms with Gasteiger partial charge in [-0.25, -0.2) is 9.37 Å². The SMILES string of the molecule is CCOC(=O)CC(=O)N1CC=C(c2cc3c(-c4cc(F)ccc4OC)ccnc3[nH]2)CC1. The molecule has 0 saturated heterocycles. The fraction of sp³-hybridized carbons (Fsp3) is 0.292. The molecule has 2 aromatic heterocycles. The highest BCUT2D eigenvalue weighted by Crippen LogP contribution is 2.36. The number of benzene rings is 1. The summed E-state index contributed by atoms with van der Waals surface area (Å²) in [5.41, 5.74) is 4.11. The number of halogens is 1. The molecule has 0 spiro atoms. The molecule has 3 heterocycles. The van der Waals surface area contributed by atoms with Crippen molar-refractivity contribution in [1.29, 1.82) is 0 Å². The average molecular weight is 437 g/mol. The third-order valence-electron chi connectivity index (χ3n) is 5.49. The molecule has 1 N–H and O–H groups in total. The lowest BCUT2D eigenvalue weighted by Crippen LogP contribution is -2.36. The molecule has 0 bridgehead atoms. The van der Waals surface area contributed by atoms with Gasteiger partial charge >= 0.3 is 5.97 Å². The zero-order chi connectivity index (χ0) is 22.7. The Bertz CT molecular complexity index is 1200. The molecule has 0 atom stereocenters. The molecular formula is C24H24FN3O4. The summed E-state index contributed by atoms with van der Waals surface area (Å²) in [5, 5.41) is 0.855. The number of esters is 1. The zero-order valence-electron chi connectivity index (χ0n) is 18.0. The Hall–Kier alpha value is -3.68. The first-order valence-electron chi connectivity index (χ1n) is 10.4. The molecule has 1 aromatic carbocycles. The van der Waals surface area contributed by atoms with Gasteiger partial charge in [0.1, 0.15) is 23.6 Å². The average Bonchev–Trinajstić information content (AvgIpc) is 3.24. The number of nitrogens with zero attached hydrogens (tertiary/aromatic N) is 2. The lowest BCUT2D eigenvalue weighted by atomic mass is 10.0. The van der Waals surface area contributed by atoms with Crippen LogP contribution in [0, 0.1) is 5.82 Å². The van der Waals surface area contributed by atoms with E-state index in [1.165, 1.54) is 12.1 Å². The van der Waals surface area contributed by atoms with Gasteiger partial charge < -0.3 is 19.4 Å². The van der Waals surface area contributed by atoms with E-state index in [0.29, 0.717) is 36.5 Å². The van der Waals surface area contributed by atoms with Crippen LogP contribution in [0.4, 0.5) is 4.39 Å². The minimum Gasteiger partial charge on any atom is -0.496 e. The number of methoxy groups -OCH3 is 1. The Labute approximate surface area is 184 Å². The van der Waals surface area contributed by atoms with Crippen molar-refractivity contribution in [1.82, 2.24) is 14.9 Å². The van der Waals surface area contributed by atoms with Gasteiger partial charge in [-0.3, -0.25) is 9.59 Å². The van der Waals surface area contributed by atoms with Crippen molar-refractivity contribution in [2.75, 3.05) is 26.8 Å². The molecule has 1 aliphatic rings. The Kier molecular flexibility index (Phi) is 6.20. The van der Waals surface area contributed by atoms with Crippen LogP contribution in [0.25, 0.3) is 27.7 Å². The second-order valence-corrected chi connectivity index (χ2v) is 7.45. The molecule has 0 fully saturated rings. The van der Waals surface area contributed by atoms with Crippen LogP contribution in [0.5, 0.6) is 5.75 Å². The highest BCUT2D eigenvalue weighted by molar-refractivity contribution is 5.97. The maximum Gasteiger partial charge on any atom is 0.315 e. The predicted octanol–water partition coefficient (Wildman–Crippen LogP) is 3.95. The fourth-order valence-corrected chi connectivity index (χ4v) is 3.91. The molecule has 3 aromatic rings. The van der Waals surface area contributed by atoms with E-state index in [1.54, 1.807) is 31.2 Å². The lowest BCUT2D eigenvalue weighted by Gasteiger charge is -2.26. The van der Waals surface area contributed by atoms with Crippen molar-refractivity contribution >= 4 is 28.5 Å². The molecule has 4 rings (SSSR count). The van der Waals surface area contributed by atoms with Gasteiger partial charge in [0.25, 0.3) is 0 Å². The predicted molar refractivity (Wildman–Crippen MR) is 118 cm³/mol. The summed E-state index contributed by atoms with van der Waals surface area (Å²) < 4.78 is 24.2. The number of carbonyl (C=O) groups is 2. The van der Waals surface area contributed by atoms with Gasteiger partial charge in [0, 0.05) is 35.9 Å². The van der Waals surface area contributed by atoms with Gasteiger partial charge in [-0.05, 0) is 54.8 Å². The van der Waals surface area contributed by atoms with Crippen LogP contribution in [0.2, 0.25) is 0 Å². The van der Waals surface area contributed by atoms with Gasteiger partial charge in [0.05, 0.1) is 13.7 Å². The molecule has 7 nitrogen and oxygen atoms in total. The van der Waals surface area contributed by atoms with Gasteiger partial charge in [0.2, 0.25) is 5.91 Å². The maximum absolute atomic E-state index is 13.9. The van der Waals surface area contributed by atoms with E-state index in [1.807, 2.05) is 18.2 Å². The van der Waals surface area contributed by atoms with E-state index in [4.69, 9.17) is 9.47 Å². The first kappa shape index (κ1) is 21.5. The summed E-state index contributed by atoms with van der Waals surface area (Å²) in [4.78, 5) is 33.3. The second kappa shape index (κ2) is 9.21. The smallest absolute Gasteiger partial charge is 0.315 e. The first-order chi connectivity index (χ1) is 15.5. The minimum atomic E-state index is -0.505. The Balaban J connectivity index is 1.59. The first-order valence-corrected chi connectivity index (χ1v) is 10.4. The summed E-state index contributed by atoms with van der Waals surface area (Å²) in [7, 11) is 1.56. The monoisotopic (exact) mass is 437 g/mol. The Morgan fingerprint density at radius 3 is 2.78 bits per heavy atom. The number of aromatic nitrogens is 2. The Morgan fingerprint density at radius 1 is 1.22 bits per heavy atom. The molecule has 166 valence electrons. The van der Waals surface area contributed by atoms with Gasteiger partial charge in [-0.15, -0.1) is 0 Å². The molecule has 32 heavy (non-hydrogen) atoms. The van der Waals surface area contributed by atoms with Crippen molar-refractivity contribution in [3.8, 4) is 16.9 Å². The van der Waals surface area contributed by atoms with Crippen LogP contribution in [0.3, 0.4) is 0 Å². The highest BCUT2D eigenvalue weighted by atomic mass is 19.1. The van der Waals surface area contributed by atoms with E-state index in [-0.39, 0.29) is 24.8 Å². The zero-order valence-corrected chi connectivity index (χ0v) is 18.0. The third kappa shape index (κ3) is 4.34. The summed E-state index contributed by atoms with van der Waals surface area (Å²) in [6, 6.07) is 8.25. The van der Waals surface area contributed by atoms with Crippen LogP contribution in [-0.2, 0) is 14.3 Å². The van der Waals surface area contributed by atoms with Gasteiger partial charge in [0.15, 0.2) is 0 Å². The number of hydrogen-bond donors (Lipinski definition) is 1. The van der Waals surface area contributed by atoms with Crippen LogP contribution < -0.4 is 4.74 Å². The van der Waals surface area contributed by atoms with Crippen molar-refractivity contribution < 1.29 is 23.5 Å². The van der Waals surface area contributed by atoms with Crippen molar-refractivity contribution in [2.45, 2.75) is 19.8 Å². The minimum absolute atomic E-state index is 0.238. The topological polar surface area (TPSA) is 84.5 Å². The number of hydrogen-bond acceptors (Lipinski definition) is 5. The second-order valence-electron chi connectivity index (χ2n) is 7.45. The quantitative estimate of drug-likeness (QED) is 0.466. The van der Waals surface area contributed by atoms with Crippen molar-refractivity contribution in [2.24, 2.45) is 0 Å². The molecule has 0 unspecified atom stereocenters. The normalized spacial score (nSPS) is 13.7. The van der Waals surface area contributed by atoms with E-state index >= 15 is 0 Å². The largest absolute Gasteiger partial charge is 0.496 e. The highest BCUT2D eigenvalue weighted by Gasteiger charge is 2.22. The maximum atomic E-state index is 13.9. The third-order valence-corrected chi connectivity index (χ3v) is 5.49. The number of amides is 1. The van der Waals surface area contributed by atoms with E-state index < -0.39 is 5.97 Å². The molecule has 0 saturated carbocycles. The molecular weight excluding hydrogens is 413 g/mol. The summed E-state index contributed by atoms with van der Waals surface area (Å²) >= 11 is 0.